The Morgan fingerprint density at radius 2 is 1.74 bits per heavy atom. The minimum atomic E-state index is -3.84. The summed E-state index contributed by atoms with van der Waals surface area (Å²) in [5.74, 6) is -0.377. The van der Waals surface area contributed by atoms with Gasteiger partial charge in [-0.05, 0) is 61.7 Å². The summed E-state index contributed by atoms with van der Waals surface area (Å²) >= 11 is 5.93. The third-order valence-electron chi connectivity index (χ3n) is 5.54. The highest BCUT2D eigenvalue weighted by atomic mass is 35.5. The quantitative estimate of drug-likeness (QED) is 0.533. The van der Waals surface area contributed by atoms with Gasteiger partial charge in [-0.3, -0.25) is 9.10 Å². The van der Waals surface area contributed by atoms with E-state index in [-0.39, 0.29) is 28.4 Å². The zero-order chi connectivity index (χ0) is 25.1. The number of methoxy groups -OCH3 is 1. The van der Waals surface area contributed by atoms with Gasteiger partial charge in [-0.25, -0.2) is 16.8 Å². The summed E-state index contributed by atoms with van der Waals surface area (Å²) in [5, 5.41) is 3.10. The first-order chi connectivity index (χ1) is 16.0. The molecule has 2 aromatic rings. The summed E-state index contributed by atoms with van der Waals surface area (Å²) < 4.78 is 59.0. The van der Waals surface area contributed by atoms with E-state index < -0.39 is 32.0 Å². The molecule has 2 aromatic carbocycles. The fraction of sp³-hybridized carbons (Fsp3) is 0.409. The Labute approximate surface area is 205 Å². The molecule has 0 radical (unpaired) electrons. The maximum absolute atomic E-state index is 13.3. The molecule has 186 valence electrons. The predicted molar refractivity (Wildman–Crippen MR) is 132 cm³/mol. The first-order valence-corrected chi connectivity index (χ1v) is 14.4. The fourth-order valence-electron chi connectivity index (χ4n) is 3.89. The van der Waals surface area contributed by atoms with Crippen LogP contribution in [0.25, 0.3) is 0 Å². The van der Waals surface area contributed by atoms with Crippen molar-refractivity contribution in [3.8, 4) is 5.75 Å². The number of rotatable bonds is 9. The monoisotopic (exact) mass is 529 g/mol. The van der Waals surface area contributed by atoms with Crippen LogP contribution in [0.3, 0.4) is 0 Å². The van der Waals surface area contributed by atoms with Gasteiger partial charge in [-0.15, -0.1) is 0 Å². The van der Waals surface area contributed by atoms with Gasteiger partial charge < -0.3 is 10.1 Å². The van der Waals surface area contributed by atoms with Gasteiger partial charge in [0.15, 0.2) is 0 Å². The lowest BCUT2D eigenvalue weighted by Crippen LogP contribution is -2.47. The Morgan fingerprint density at radius 3 is 2.26 bits per heavy atom. The van der Waals surface area contributed by atoms with E-state index in [4.69, 9.17) is 16.3 Å². The summed E-state index contributed by atoms with van der Waals surface area (Å²) in [4.78, 5) is 13.3. The molecule has 0 bridgehead atoms. The summed E-state index contributed by atoms with van der Waals surface area (Å²) in [5.41, 5.74) is 0.419. The molecule has 0 spiro atoms. The molecule has 1 fully saturated rings. The van der Waals surface area contributed by atoms with Gasteiger partial charge in [0.1, 0.15) is 11.8 Å². The smallest absolute Gasteiger partial charge is 0.248 e. The molecular weight excluding hydrogens is 502 g/mol. The van der Waals surface area contributed by atoms with Crippen molar-refractivity contribution in [3.05, 3.63) is 47.5 Å². The van der Waals surface area contributed by atoms with Crippen molar-refractivity contribution >= 4 is 48.9 Å². The molecule has 1 aliphatic heterocycles. The average molecular weight is 530 g/mol. The number of amides is 1. The molecule has 34 heavy (non-hydrogen) atoms. The molecule has 1 amide bonds. The third kappa shape index (κ3) is 5.65. The van der Waals surface area contributed by atoms with Crippen molar-refractivity contribution < 1.29 is 26.4 Å². The van der Waals surface area contributed by atoms with E-state index in [0.29, 0.717) is 18.1 Å². The van der Waals surface area contributed by atoms with E-state index in [1.165, 1.54) is 53.9 Å². The summed E-state index contributed by atoms with van der Waals surface area (Å²) in [6.07, 6.45) is 2.77. The van der Waals surface area contributed by atoms with Crippen LogP contribution in [0.5, 0.6) is 5.75 Å². The van der Waals surface area contributed by atoms with E-state index in [1.54, 1.807) is 6.92 Å². The van der Waals surface area contributed by atoms with Gasteiger partial charge in [-0.2, -0.15) is 4.31 Å². The first kappa shape index (κ1) is 26.3. The highest BCUT2D eigenvalue weighted by Crippen LogP contribution is 2.31. The van der Waals surface area contributed by atoms with Crippen molar-refractivity contribution in [2.75, 3.05) is 36.1 Å². The summed E-state index contributed by atoms with van der Waals surface area (Å²) in [6, 6.07) is 9.24. The standard InChI is InChI=1S/C22H28ClN3O6S2/c1-4-20(26(33(3,28)29)17-9-7-16(23)8-10-17)22(27)24-19-15-18(11-12-21(19)32-2)34(30,31)25-13-5-6-14-25/h7-12,15,20H,4-6,13-14H2,1-3H3,(H,24,27)/t20-/m0/s1. The number of ether oxygens (including phenoxy) is 1. The van der Waals surface area contributed by atoms with Crippen LogP contribution in [0.1, 0.15) is 26.2 Å². The second-order valence-corrected chi connectivity index (χ2v) is 12.2. The van der Waals surface area contributed by atoms with Crippen LogP contribution in [-0.4, -0.2) is 59.5 Å². The number of nitrogens with one attached hydrogen (secondary N) is 1. The number of hydrogen-bond acceptors (Lipinski definition) is 6. The Kier molecular flexibility index (Phi) is 8.12. The van der Waals surface area contributed by atoms with Gasteiger partial charge >= 0.3 is 0 Å². The van der Waals surface area contributed by atoms with Crippen LogP contribution in [0, 0.1) is 0 Å². The lowest BCUT2D eigenvalue weighted by Gasteiger charge is -2.30. The van der Waals surface area contributed by atoms with Crippen molar-refractivity contribution in [1.29, 1.82) is 0 Å². The van der Waals surface area contributed by atoms with Gasteiger partial charge in [0.2, 0.25) is 26.0 Å². The minimum Gasteiger partial charge on any atom is -0.495 e. The molecule has 1 saturated heterocycles. The predicted octanol–water partition coefficient (Wildman–Crippen LogP) is 3.32. The van der Waals surface area contributed by atoms with Crippen molar-refractivity contribution in [1.82, 2.24) is 4.31 Å². The van der Waals surface area contributed by atoms with Gasteiger partial charge in [0, 0.05) is 18.1 Å². The molecule has 0 aromatic heterocycles. The van der Waals surface area contributed by atoms with Crippen LogP contribution >= 0.6 is 11.6 Å². The van der Waals surface area contributed by atoms with Crippen molar-refractivity contribution in [3.63, 3.8) is 0 Å². The molecular formula is C22H28ClN3O6S2. The van der Waals surface area contributed by atoms with Crippen LogP contribution < -0.4 is 14.4 Å². The molecule has 0 saturated carbocycles. The number of hydrogen-bond donors (Lipinski definition) is 1. The Balaban J connectivity index is 1.96. The van der Waals surface area contributed by atoms with Crippen molar-refractivity contribution in [2.24, 2.45) is 0 Å². The molecule has 1 heterocycles. The molecule has 9 nitrogen and oxygen atoms in total. The van der Waals surface area contributed by atoms with Crippen LogP contribution in [-0.2, 0) is 24.8 Å². The maximum atomic E-state index is 13.3. The Hall–Kier alpha value is -2.34. The highest BCUT2D eigenvalue weighted by Gasteiger charge is 2.33. The number of carbonyl (C=O) groups is 1. The topological polar surface area (TPSA) is 113 Å². The Bertz CT molecular complexity index is 1240. The second kappa shape index (κ2) is 10.5. The van der Waals surface area contributed by atoms with Gasteiger partial charge in [-0.1, -0.05) is 18.5 Å². The molecule has 1 atom stereocenters. The zero-order valence-electron chi connectivity index (χ0n) is 19.2. The summed E-state index contributed by atoms with van der Waals surface area (Å²) in [6.45, 7) is 2.57. The molecule has 12 heteroatoms. The number of anilines is 2. The van der Waals surface area contributed by atoms with E-state index in [2.05, 4.69) is 5.32 Å². The van der Waals surface area contributed by atoms with E-state index in [1.807, 2.05) is 0 Å². The van der Waals surface area contributed by atoms with E-state index >= 15 is 0 Å². The number of nitrogens with zero attached hydrogens (tertiary/aromatic N) is 2. The van der Waals surface area contributed by atoms with Crippen molar-refractivity contribution in [2.45, 2.75) is 37.1 Å². The van der Waals surface area contributed by atoms with Gasteiger partial charge in [0.25, 0.3) is 0 Å². The average Bonchev–Trinajstić information content (AvgIpc) is 3.33. The number of benzene rings is 2. The van der Waals surface area contributed by atoms with Crippen LogP contribution in [0.2, 0.25) is 5.02 Å². The van der Waals surface area contributed by atoms with Gasteiger partial charge in [0.05, 0.1) is 29.6 Å². The normalized spacial score (nSPS) is 15.6. The highest BCUT2D eigenvalue weighted by molar-refractivity contribution is 7.92. The zero-order valence-corrected chi connectivity index (χ0v) is 21.6. The number of sulfonamides is 2. The molecule has 1 aliphatic rings. The largest absolute Gasteiger partial charge is 0.495 e. The van der Waals surface area contributed by atoms with E-state index in [9.17, 15) is 21.6 Å². The first-order valence-electron chi connectivity index (χ1n) is 10.7. The van der Waals surface area contributed by atoms with Crippen LogP contribution in [0.4, 0.5) is 11.4 Å². The van der Waals surface area contributed by atoms with Crippen LogP contribution in [0.15, 0.2) is 47.4 Å². The number of halogens is 1. The maximum Gasteiger partial charge on any atom is 0.248 e. The minimum absolute atomic E-state index is 0.0243. The third-order valence-corrected chi connectivity index (χ3v) is 8.87. The lowest BCUT2D eigenvalue weighted by molar-refractivity contribution is -0.117. The summed E-state index contributed by atoms with van der Waals surface area (Å²) in [7, 11) is -6.17. The molecule has 3 rings (SSSR count). The molecule has 1 N–H and O–H groups in total. The van der Waals surface area contributed by atoms with E-state index in [0.717, 1.165) is 23.4 Å². The Morgan fingerprint density at radius 1 is 1.12 bits per heavy atom. The number of carbonyl (C=O) groups excluding carboxylic acids is 1. The second-order valence-electron chi connectivity index (χ2n) is 7.92. The fourth-order valence-corrected chi connectivity index (χ4v) is 6.77. The molecule has 0 unspecified atom stereocenters. The lowest BCUT2D eigenvalue weighted by atomic mass is 10.1. The SMILES string of the molecule is CC[C@@H](C(=O)Nc1cc(S(=O)(=O)N2CCCC2)ccc1OC)N(c1ccc(Cl)cc1)S(C)(=O)=O. The molecule has 0 aliphatic carbocycles.